The monoisotopic (exact) mass is 165 g/mol. The van der Waals surface area contributed by atoms with Crippen LogP contribution in [0.15, 0.2) is 18.5 Å². The number of rotatable bonds is 1. The average molecular weight is 165 g/mol. The van der Waals surface area contributed by atoms with Crippen LogP contribution in [0.4, 0.5) is 0 Å². The molecule has 1 unspecified atom stereocenters. The molecule has 4 nitrogen and oxygen atoms in total. The van der Waals surface area contributed by atoms with Crippen LogP contribution in [0.25, 0.3) is 0 Å². The molecule has 1 fully saturated rings. The van der Waals surface area contributed by atoms with Crippen LogP contribution in [0.2, 0.25) is 0 Å². The first kappa shape index (κ1) is 7.64. The van der Waals surface area contributed by atoms with E-state index in [1.54, 1.807) is 12.4 Å². The molecule has 4 heteroatoms. The first-order valence-electron chi connectivity index (χ1n) is 4.05. The molecule has 2 rings (SSSR count). The summed E-state index contributed by atoms with van der Waals surface area (Å²) in [5, 5.41) is 3.29. The van der Waals surface area contributed by atoms with E-state index < -0.39 is 0 Å². The van der Waals surface area contributed by atoms with Crippen molar-refractivity contribution in [3.63, 3.8) is 0 Å². The Labute approximate surface area is 71.0 Å². The van der Waals surface area contributed by atoms with Gasteiger partial charge in [0, 0.05) is 18.9 Å². The molecule has 0 bridgehead atoms. The van der Waals surface area contributed by atoms with Crippen molar-refractivity contribution in [2.45, 2.75) is 6.04 Å². The van der Waals surface area contributed by atoms with Crippen LogP contribution < -0.4 is 5.32 Å². The van der Waals surface area contributed by atoms with Crippen LogP contribution in [0.3, 0.4) is 0 Å². The number of hydrogen-bond acceptors (Lipinski definition) is 4. The van der Waals surface area contributed by atoms with E-state index >= 15 is 0 Å². The molecular weight excluding hydrogens is 154 g/mol. The van der Waals surface area contributed by atoms with Gasteiger partial charge in [0.15, 0.2) is 0 Å². The van der Waals surface area contributed by atoms with Gasteiger partial charge in [-0.1, -0.05) is 0 Å². The summed E-state index contributed by atoms with van der Waals surface area (Å²) >= 11 is 0. The molecular formula is C8H11N3O. The Kier molecular flexibility index (Phi) is 2.29. The predicted octanol–water partition coefficient (Wildman–Crippen LogP) is 0.137. The second kappa shape index (κ2) is 3.60. The number of ether oxygens (including phenoxy) is 1. The van der Waals surface area contributed by atoms with Gasteiger partial charge in [0.2, 0.25) is 0 Å². The first-order valence-corrected chi connectivity index (χ1v) is 4.05. The highest BCUT2D eigenvalue weighted by Crippen LogP contribution is 2.08. The van der Waals surface area contributed by atoms with Crippen LogP contribution in [0.1, 0.15) is 11.9 Å². The molecule has 0 amide bonds. The topological polar surface area (TPSA) is 47.0 Å². The van der Waals surface area contributed by atoms with Crippen LogP contribution in [0, 0.1) is 0 Å². The third kappa shape index (κ3) is 1.60. The highest BCUT2D eigenvalue weighted by Gasteiger charge is 2.16. The molecule has 1 saturated heterocycles. The number of nitrogens with one attached hydrogen (secondary N) is 1. The summed E-state index contributed by atoms with van der Waals surface area (Å²) in [5.41, 5.74) is 0. The van der Waals surface area contributed by atoms with Gasteiger partial charge in [0.05, 0.1) is 19.3 Å². The molecule has 1 N–H and O–H groups in total. The molecule has 0 radical (unpaired) electrons. The van der Waals surface area contributed by atoms with Crippen molar-refractivity contribution in [2.75, 3.05) is 19.8 Å². The molecule has 2 heterocycles. The summed E-state index contributed by atoms with van der Waals surface area (Å²) < 4.78 is 5.29. The zero-order valence-electron chi connectivity index (χ0n) is 6.73. The van der Waals surface area contributed by atoms with Crippen molar-refractivity contribution in [3.05, 3.63) is 24.3 Å². The van der Waals surface area contributed by atoms with Gasteiger partial charge < -0.3 is 10.1 Å². The Bertz CT molecular complexity index is 233. The van der Waals surface area contributed by atoms with E-state index in [2.05, 4.69) is 15.3 Å². The summed E-state index contributed by atoms with van der Waals surface area (Å²) in [6.07, 6.45) is 3.50. The van der Waals surface area contributed by atoms with E-state index in [1.807, 2.05) is 6.07 Å². The summed E-state index contributed by atoms with van der Waals surface area (Å²) in [6, 6.07) is 1.98. The Hall–Kier alpha value is -1.00. The molecule has 1 aromatic rings. The molecule has 64 valence electrons. The van der Waals surface area contributed by atoms with Gasteiger partial charge in [-0.3, -0.25) is 0 Å². The normalized spacial score (nSPS) is 23.8. The van der Waals surface area contributed by atoms with Gasteiger partial charge in [-0.15, -0.1) is 0 Å². The summed E-state index contributed by atoms with van der Waals surface area (Å²) in [4.78, 5) is 8.30. The maximum absolute atomic E-state index is 5.29. The van der Waals surface area contributed by atoms with Crippen molar-refractivity contribution in [1.82, 2.24) is 15.3 Å². The Balaban J connectivity index is 2.08. The van der Waals surface area contributed by atoms with Crippen molar-refractivity contribution < 1.29 is 4.74 Å². The molecule has 0 aromatic carbocycles. The average Bonchev–Trinajstić information content (AvgIpc) is 2.21. The lowest BCUT2D eigenvalue weighted by molar-refractivity contribution is 0.0742. The predicted molar refractivity (Wildman–Crippen MR) is 43.6 cm³/mol. The fraction of sp³-hybridized carbons (Fsp3) is 0.500. The molecule has 1 aliphatic rings. The lowest BCUT2D eigenvalue weighted by Gasteiger charge is -2.21. The van der Waals surface area contributed by atoms with E-state index in [0.717, 1.165) is 19.0 Å². The van der Waals surface area contributed by atoms with Gasteiger partial charge in [-0.25, -0.2) is 9.97 Å². The van der Waals surface area contributed by atoms with E-state index in [9.17, 15) is 0 Å². The molecule has 12 heavy (non-hydrogen) atoms. The maximum atomic E-state index is 5.29. The number of morpholine rings is 1. The molecule has 1 atom stereocenters. The second-order valence-electron chi connectivity index (χ2n) is 2.69. The SMILES string of the molecule is c1cnc(C2COCCN2)nc1. The standard InChI is InChI=1S/C8H11N3O/c1-2-10-8(11-3-1)7-6-12-5-4-9-7/h1-3,7,9H,4-6H2. The van der Waals surface area contributed by atoms with Crippen LogP contribution in [-0.2, 0) is 4.74 Å². The summed E-state index contributed by atoms with van der Waals surface area (Å²) in [5.74, 6) is 0.817. The summed E-state index contributed by atoms with van der Waals surface area (Å²) in [7, 11) is 0. The fourth-order valence-corrected chi connectivity index (χ4v) is 1.22. The van der Waals surface area contributed by atoms with Crippen molar-refractivity contribution in [1.29, 1.82) is 0 Å². The van der Waals surface area contributed by atoms with Gasteiger partial charge in [0.25, 0.3) is 0 Å². The highest BCUT2D eigenvalue weighted by molar-refractivity contribution is 4.96. The number of hydrogen-bond donors (Lipinski definition) is 1. The smallest absolute Gasteiger partial charge is 0.147 e. The quantitative estimate of drug-likeness (QED) is 0.643. The van der Waals surface area contributed by atoms with Crippen LogP contribution in [0.5, 0.6) is 0 Å². The minimum atomic E-state index is 0.167. The number of aromatic nitrogens is 2. The van der Waals surface area contributed by atoms with E-state index in [-0.39, 0.29) is 6.04 Å². The van der Waals surface area contributed by atoms with Gasteiger partial charge in [-0.05, 0) is 6.07 Å². The van der Waals surface area contributed by atoms with E-state index in [1.165, 1.54) is 0 Å². The minimum absolute atomic E-state index is 0.167. The Morgan fingerprint density at radius 1 is 1.42 bits per heavy atom. The van der Waals surface area contributed by atoms with Crippen molar-refractivity contribution >= 4 is 0 Å². The second-order valence-corrected chi connectivity index (χ2v) is 2.69. The van der Waals surface area contributed by atoms with Gasteiger partial charge in [0.1, 0.15) is 5.82 Å². The van der Waals surface area contributed by atoms with Crippen LogP contribution >= 0.6 is 0 Å². The molecule has 1 aromatic heterocycles. The maximum Gasteiger partial charge on any atom is 0.147 e. The zero-order valence-corrected chi connectivity index (χ0v) is 6.73. The molecule has 0 aliphatic carbocycles. The highest BCUT2D eigenvalue weighted by atomic mass is 16.5. The third-order valence-electron chi connectivity index (χ3n) is 1.82. The third-order valence-corrected chi connectivity index (χ3v) is 1.82. The first-order chi connectivity index (χ1) is 5.97. The lowest BCUT2D eigenvalue weighted by Crippen LogP contribution is -2.35. The molecule has 1 aliphatic heterocycles. The zero-order chi connectivity index (χ0) is 8.23. The largest absolute Gasteiger partial charge is 0.378 e. The Morgan fingerprint density at radius 3 is 2.92 bits per heavy atom. The lowest BCUT2D eigenvalue weighted by atomic mass is 10.2. The van der Waals surface area contributed by atoms with Crippen LogP contribution in [-0.4, -0.2) is 29.7 Å². The fourth-order valence-electron chi connectivity index (χ4n) is 1.22. The molecule has 0 spiro atoms. The van der Waals surface area contributed by atoms with E-state index in [0.29, 0.717) is 6.61 Å². The molecule has 0 saturated carbocycles. The van der Waals surface area contributed by atoms with Gasteiger partial charge in [-0.2, -0.15) is 0 Å². The van der Waals surface area contributed by atoms with E-state index in [4.69, 9.17) is 4.74 Å². The van der Waals surface area contributed by atoms with Crippen molar-refractivity contribution in [3.8, 4) is 0 Å². The van der Waals surface area contributed by atoms with Gasteiger partial charge >= 0.3 is 0 Å². The Morgan fingerprint density at radius 2 is 2.25 bits per heavy atom. The summed E-state index contributed by atoms with van der Waals surface area (Å²) in [6.45, 7) is 2.33. The van der Waals surface area contributed by atoms with Crippen molar-refractivity contribution in [2.24, 2.45) is 0 Å². The minimum Gasteiger partial charge on any atom is -0.378 e. The number of nitrogens with zero attached hydrogens (tertiary/aromatic N) is 2.